The van der Waals surface area contributed by atoms with Gasteiger partial charge in [0.25, 0.3) is 0 Å². The second-order valence-corrected chi connectivity index (χ2v) is 7.73. The average molecular weight is 571 g/mol. The zero-order valence-electron chi connectivity index (χ0n) is 16.6. The first-order valence-electron chi connectivity index (χ1n) is 9.41. The molecule has 7 nitrogen and oxygen atoms in total. The Kier molecular flexibility index (Phi) is 12.3. The first kappa shape index (κ1) is 25.4. The number of aliphatic hydroxyl groups is 1. The molecule has 0 saturated carbocycles. The number of ether oxygens (including phenoxy) is 2. The standard InChI is InChI=1S/C19H31BrN4O3.HI/c1-3-21-18(22-8-11-27-17-6-4-16(20)5-7-17)23-14-19(2,25)15-24-9-12-26-13-10-24;/h4-7,25H,3,8-15H2,1-2H3,(H2,21,22,23);1H. The predicted molar refractivity (Wildman–Crippen MR) is 127 cm³/mol. The number of morpholine rings is 1. The van der Waals surface area contributed by atoms with E-state index in [0.29, 0.717) is 32.2 Å². The first-order valence-corrected chi connectivity index (χ1v) is 10.2. The number of nitrogens with one attached hydrogen (secondary N) is 2. The SMILES string of the molecule is CCNC(=NCC(C)(O)CN1CCOCC1)NCCOc1ccc(Br)cc1.I. The molecule has 2 rings (SSSR count). The number of hydrogen-bond acceptors (Lipinski definition) is 5. The van der Waals surface area contributed by atoms with Gasteiger partial charge in [0.15, 0.2) is 5.96 Å². The smallest absolute Gasteiger partial charge is 0.191 e. The van der Waals surface area contributed by atoms with Crippen LogP contribution in [0.3, 0.4) is 0 Å². The van der Waals surface area contributed by atoms with Gasteiger partial charge in [-0.15, -0.1) is 24.0 Å². The summed E-state index contributed by atoms with van der Waals surface area (Å²) in [4.78, 5) is 6.75. The van der Waals surface area contributed by atoms with E-state index in [9.17, 15) is 5.11 Å². The van der Waals surface area contributed by atoms with Crippen LogP contribution in [0.5, 0.6) is 5.75 Å². The highest BCUT2D eigenvalue weighted by atomic mass is 127. The molecule has 3 N–H and O–H groups in total. The lowest BCUT2D eigenvalue weighted by molar-refractivity contribution is -0.0179. The Hall–Kier alpha value is -0.620. The number of guanidine groups is 1. The minimum absolute atomic E-state index is 0. The molecule has 1 aliphatic rings. The molecule has 1 heterocycles. The summed E-state index contributed by atoms with van der Waals surface area (Å²) >= 11 is 3.41. The van der Waals surface area contributed by atoms with Crippen molar-refractivity contribution >= 4 is 45.9 Å². The molecule has 9 heteroatoms. The van der Waals surface area contributed by atoms with E-state index in [4.69, 9.17) is 9.47 Å². The fraction of sp³-hybridized carbons (Fsp3) is 0.632. The lowest BCUT2D eigenvalue weighted by atomic mass is 10.1. The monoisotopic (exact) mass is 570 g/mol. The summed E-state index contributed by atoms with van der Waals surface area (Å²) in [5.41, 5.74) is -0.881. The van der Waals surface area contributed by atoms with Crippen molar-refractivity contribution in [2.75, 3.05) is 59.1 Å². The van der Waals surface area contributed by atoms with Gasteiger partial charge in [-0.25, -0.2) is 0 Å². The molecule has 0 aromatic heterocycles. The minimum atomic E-state index is -0.881. The summed E-state index contributed by atoms with van der Waals surface area (Å²) in [5, 5.41) is 17.1. The van der Waals surface area contributed by atoms with E-state index in [-0.39, 0.29) is 24.0 Å². The van der Waals surface area contributed by atoms with E-state index in [2.05, 4.69) is 36.5 Å². The second kappa shape index (κ2) is 13.6. The molecule has 0 bridgehead atoms. The van der Waals surface area contributed by atoms with Crippen molar-refractivity contribution in [3.63, 3.8) is 0 Å². The van der Waals surface area contributed by atoms with Crippen LogP contribution in [0.1, 0.15) is 13.8 Å². The predicted octanol–water partition coefficient (Wildman–Crippen LogP) is 2.08. The van der Waals surface area contributed by atoms with Crippen LogP contribution in [0.2, 0.25) is 0 Å². The number of aliphatic imine (C=N–C) groups is 1. The van der Waals surface area contributed by atoms with Gasteiger partial charge in [-0.2, -0.15) is 0 Å². The summed E-state index contributed by atoms with van der Waals surface area (Å²) in [7, 11) is 0. The molecule has 1 atom stereocenters. The highest BCUT2D eigenvalue weighted by Crippen LogP contribution is 2.15. The Morgan fingerprint density at radius 3 is 2.61 bits per heavy atom. The van der Waals surface area contributed by atoms with Gasteiger partial charge in [0.2, 0.25) is 0 Å². The van der Waals surface area contributed by atoms with Gasteiger partial charge in [0.05, 0.1) is 31.9 Å². The van der Waals surface area contributed by atoms with Crippen molar-refractivity contribution in [3.8, 4) is 5.75 Å². The number of rotatable bonds is 9. The normalized spacial score (nSPS) is 17.4. The van der Waals surface area contributed by atoms with Gasteiger partial charge in [0, 0.05) is 30.7 Å². The van der Waals surface area contributed by atoms with Crippen molar-refractivity contribution < 1.29 is 14.6 Å². The Morgan fingerprint density at radius 2 is 1.96 bits per heavy atom. The Bertz CT molecular complexity index is 581. The van der Waals surface area contributed by atoms with E-state index in [1.54, 1.807) is 0 Å². The van der Waals surface area contributed by atoms with Gasteiger partial charge in [-0.1, -0.05) is 15.9 Å². The molecule has 1 aromatic carbocycles. The molecule has 1 saturated heterocycles. The molecule has 28 heavy (non-hydrogen) atoms. The quantitative estimate of drug-likeness (QED) is 0.183. The van der Waals surface area contributed by atoms with Gasteiger partial charge in [0.1, 0.15) is 12.4 Å². The summed E-state index contributed by atoms with van der Waals surface area (Å²) in [6.07, 6.45) is 0. The van der Waals surface area contributed by atoms with E-state index in [1.807, 2.05) is 38.1 Å². The lowest BCUT2D eigenvalue weighted by Gasteiger charge is -2.33. The molecule has 0 spiro atoms. The fourth-order valence-electron chi connectivity index (χ4n) is 2.75. The van der Waals surface area contributed by atoms with Crippen LogP contribution in [-0.2, 0) is 4.74 Å². The first-order chi connectivity index (χ1) is 13.0. The Labute approximate surface area is 193 Å². The van der Waals surface area contributed by atoms with Crippen LogP contribution in [0.15, 0.2) is 33.7 Å². The molecular formula is C19H32BrIN4O3. The van der Waals surface area contributed by atoms with Gasteiger partial charge in [-0.05, 0) is 38.1 Å². The van der Waals surface area contributed by atoms with Crippen LogP contribution >= 0.6 is 39.9 Å². The Morgan fingerprint density at radius 1 is 1.29 bits per heavy atom. The van der Waals surface area contributed by atoms with Gasteiger partial charge < -0.3 is 25.2 Å². The highest BCUT2D eigenvalue weighted by Gasteiger charge is 2.25. The van der Waals surface area contributed by atoms with Crippen molar-refractivity contribution in [2.24, 2.45) is 4.99 Å². The molecule has 1 unspecified atom stereocenters. The third-order valence-electron chi connectivity index (χ3n) is 4.07. The van der Waals surface area contributed by atoms with Crippen LogP contribution < -0.4 is 15.4 Å². The molecule has 1 aliphatic heterocycles. The molecular weight excluding hydrogens is 539 g/mol. The van der Waals surface area contributed by atoms with Crippen molar-refractivity contribution in [3.05, 3.63) is 28.7 Å². The van der Waals surface area contributed by atoms with Crippen molar-refractivity contribution in [1.29, 1.82) is 0 Å². The fourth-order valence-corrected chi connectivity index (χ4v) is 3.02. The largest absolute Gasteiger partial charge is 0.492 e. The average Bonchev–Trinajstić information content (AvgIpc) is 2.65. The van der Waals surface area contributed by atoms with Gasteiger partial charge >= 0.3 is 0 Å². The van der Waals surface area contributed by atoms with E-state index in [1.165, 1.54) is 0 Å². The van der Waals surface area contributed by atoms with Crippen LogP contribution in [0.4, 0.5) is 0 Å². The number of benzene rings is 1. The minimum Gasteiger partial charge on any atom is -0.492 e. The zero-order chi connectivity index (χ0) is 19.5. The number of β-amino-alcohol motifs (C(OH)–C–C–N with tert-alkyl or cyclic N) is 1. The molecule has 0 aliphatic carbocycles. The Balaban J connectivity index is 0.00000392. The molecule has 0 radical (unpaired) electrons. The summed E-state index contributed by atoms with van der Waals surface area (Å²) < 4.78 is 12.1. The molecule has 160 valence electrons. The third kappa shape index (κ3) is 10.2. The summed E-state index contributed by atoms with van der Waals surface area (Å²) in [6, 6.07) is 7.74. The van der Waals surface area contributed by atoms with Crippen LogP contribution in [-0.4, -0.2) is 80.7 Å². The van der Waals surface area contributed by atoms with Crippen molar-refractivity contribution in [2.45, 2.75) is 19.4 Å². The van der Waals surface area contributed by atoms with E-state index in [0.717, 1.165) is 43.1 Å². The lowest BCUT2D eigenvalue weighted by Crippen LogP contribution is -2.48. The third-order valence-corrected chi connectivity index (χ3v) is 4.60. The maximum Gasteiger partial charge on any atom is 0.191 e. The zero-order valence-corrected chi connectivity index (χ0v) is 20.5. The number of halogens is 2. The summed E-state index contributed by atoms with van der Waals surface area (Å²) in [6.45, 7) is 9.81. The molecule has 0 amide bonds. The number of hydrogen-bond donors (Lipinski definition) is 3. The number of nitrogens with zero attached hydrogens (tertiary/aromatic N) is 2. The van der Waals surface area contributed by atoms with Crippen LogP contribution in [0.25, 0.3) is 0 Å². The van der Waals surface area contributed by atoms with E-state index < -0.39 is 5.60 Å². The highest BCUT2D eigenvalue weighted by molar-refractivity contribution is 14.0. The topological polar surface area (TPSA) is 78.4 Å². The molecule has 1 fully saturated rings. The maximum absolute atomic E-state index is 10.7. The maximum atomic E-state index is 10.7. The van der Waals surface area contributed by atoms with Crippen molar-refractivity contribution in [1.82, 2.24) is 15.5 Å². The van der Waals surface area contributed by atoms with Gasteiger partial charge in [-0.3, -0.25) is 9.89 Å². The second-order valence-electron chi connectivity index (χ2n) is 6.81. The summed E-state index contributed by atoms with van der Waals surface area (Å²) in [5.74, 6) is 1.51. The molecule has 1 aromatic rings. The van der Waals surface area contributed by atoms with E-state index >= 15 is 0 Å². The van der Waals surface area contributed by atoms with Crippen LogP contribution in [0, 0.1) is 0 Å².